The minimum Gasteiger partial charge on any atom is -0.369 e. The van der Waals surface area contributed by atoms with Crippen molar-refractivity contribution in [3.05, 3.63) is 35.9 Å². The standard InChI is InChI=1S/C13H18N2O2/c14-7-6-12-9-17-10-13(16)15(12)8-11-4-2-1-3-5-11/h1-5,12H,6-10,14H2. The lowest BCUT2D eigenvalue weighted by molar-refractivity contribution is -0.149. The number of hydrogen-bond acceptors (Lipinski definition) is 3. The summed E-state index contributed by atoms with van der Waals surface area (Å²) in [7, 11) is 0. The Morgan fingerprint density at radius 1 is 1.35 bits per heavy atom. The van der Waals surface area contributed by atoms with Crippen LogP contribution in [0, 0.1) is 0 Å². The number of benzene rings is 1. The number of nitrogens with two attached hydrogens (primary N) is 1. The molecule has 1 aromatic rings. The Morgan fingerprint density at radius 2 is 2.12 bits per heavy atom. The molecular weight excluding hydrogens is 216 g/mol. The zero-order valence-corrected chi connectivity index (χ0v) is 9.84. The quantitative estimate of drug-likeness (QED) is 0.837. The predicted molar refractivity (Wildman–Crippen MR) is 65.3 cm³/mol. The summed E-state index contributed by atoms with van der Waals surface area (Å²) in [6.07, 6.45) is 0.790. The van der Waals surface area contributed by atoms with E-state index in [9.17, 15) is 4.79 Å². The largest absolute Gasteiger partial charge is 0.369 e. The van der Waals surface area contributed by atoms with Gasteiger partial charge in [0.25, 0.3) is 0 Å². The topological polar surface area (TPSA) is 55.6 Å². The van der Waals surface area contributed by atoms with Gasteiger partial charge < -0.3 is 15.4 Å². The predicted octanol–water partition coefficient (Wildman–Crippen LogP) is 0.763. The van der Waals surface area contributed by atoms with Gasteiger partial charge in [-0.3, -0.25) is 4.79 Å². The summed E-state index contributed by atoms with van der Waals surface area (Å²) in [5, 5.41) is 0. The fourth-order valence-electron chi connectivity index (χ4n) is 2.09. The maximum atomic E-state index is 11.8. The Hall–Kier alpha value is -1.39. The molecule has 17 heavy (non-hydrogen) atoms. The molecule has 1 atom stereocenters. The molecule has 1 aliphatic rings. The van der Waals surface area contributed by atoms with Gasteiger partial charge in [-0.15, -0.1) is 0 Å². The lowest BCUT2D eigenvalue weighted by Crippen LogP contribution is -2.49. The van der Waals surface area contributed by atoms with Crippen LogP contribution in [0.3, 0.4) is 0 Å². The molecule has 1 heterocycles. The molecule has 1 aliphatic heterocycles. The van der Waals surface area contributed by atoms with Crippen LogP contribution in [0.4, 0.5) is 0 Å². The Labute approximate surface area is 101 Å². The van der Waals surface area contributed by atoms with E-state index in [1.807, 2.05) is 35.2 Å². The Bertz CT molecular complexity index is 365. The van der Waals surface area contributed by atoms with Gasteiger partial charge >= 0.3 is 0 Å². The highest BCUT2D eigenvalue weighted by Crippen LogP contribution is 2.15. The third-order valence-corrected chi connectivity index (χ3v) is 2.99. The fourth-order valence-corrected chi connectivity index (χ4v) is 2.09. The van der Waals surface area contributed by atoms with Crippen LogP contribution in [0.2, 0.25) is 0 Å². The van der Waals surface area contributed by atoms with Crippen LogP contribution in [0.1, 0.15) is 12.0 Å². The van der Waals surface area contributed by atoms with Crippen LogP contribution in [0.25, 0.3) is 0 Å². The smallest absolute Gasteiger partial charge is 0.249 e. The monoisotopic (exact) mass is 234 g/mol. The molecule has 4 heteroatoms. The van der Waals surface area contributed by atoms with E-state index in [4.69, 9.17) is 10.5 Å². The van der Waals surface area contributed by atoms with Crippen molar-refractivity contribution in [2.45, 2.75) is 19.0 Å². The first-order valence-electron chi connectivity index (χ1n) is 5.92. The van der Waals surface area contributed by atoms with Gasteiger partial charge in [-0.2, -0.15) is 0 Å². The molecule has 1 aromatic carbocycles. The SMILES string of the molecule is NCCC1COCC(=O)N1Cc1ccccc1. The van der Waals surface area contributed by atoms with Crippen molar-refractivity contribution in [1.29, 1.82) is 0 Å². The maximum Gasteiger partial charge on any atom is 0.249 e. The van der Waals surface area contributed by atoms with Gasteiger partial charge in [-0.05, 0) is 18.5 Å². The Morgan fingerprint density at radius 3 is 2.82 bits per heavy atom. The number of carbonyl (C=O) groups excluding carboxylic acids is 1. The first-order chi connectivity index (χ1) is 8.31. The first-order valence-corrected chi connectivity index (χ1v) is 5.92. The summed E-state index contributed by atoms with van der Waals surface area (Å²) in [6.45, 7) is 2.00. The van der Waals surface area contributed by atoms with E-state index in [2.05, 4.69) is 0 Å². The highest BCUT2D eigenvalue weighted by Gasteiger charge is 2.27. The second-order valence-electron chi connectivity index (χ2n) is 4.25. The van der Waals surface area contributed by atoms with E-state index in [1.54, 1.807) is 0 Å². The number of hydrogen-bond donors (Lipinski definition) is 1. The minimum absolute atomic E-state index is 0.0542. The summed E-state index contributed by atoms with van der Waals surface area (Å²) in [5.41, 5.74) is 6.71. The number of morpholine rings is 1. The molecular formula is C13H18N2O2. The number of carbonyl (C=O) groups is 1. The summed E-state index contributed by atoms with van der Waals surface area (Å²) in [5.74, 6) is 0.0542. The lowest BCUT2D eigenvalue weighted by atomic mass is 10.1. The fraction of sp³-hybridized carbons (Fsp3) is 0.462. The molecule has 0 spiro atoms. The highest BCUT2D eigenvalue weighted by atomic mass is 16.5. The van der Waals surface area contributed by atoms with Crippen LogP contribution >= 0.6 is 0 Å². The van der Waals surface area contributed by atoms with Crippen molar-refractivity contribution in [3.63, 3.8) is 0 Å². The van der Waals surface area contributed by atoms with Crippen molar-refractivity contribution in [2.75, 3.05) is 19.8 Å². The summed E-state index contributed by atoms with van der Waals surface area (Å²) >= 11 is 0. The van der Waals surface area contributed by atoms with Crippen molar-refractivity contribution < 1.29 is 9.53 Å². The normalized spacial score (nSPS) is 20.6. The molecule has 1 saturated heterocycles. The molecule has 1 fully saturated rings. The molecule has 0 aromatic heterocycles. The number of ether oxygens (including phenoxy) is 1. The van der Waals surface area contributed by atoms with Crippen LogP contribution in [0.15, 0.2) is 30.3 Å². The Kier molecular flexibility index (Phi) is 4.12. The summed E-state index contributed by atoms with van der Waals surface area (Å²) in [4.78, 5) is 13.7. The number of rotatable bonds is 4. The van der Waals surface area contributed by atoms with E-state index in [1.165, 1.54) is 0 Å². The molecule has 92 valence electrons. The van der Waals surface area contributed by atoms with Crippen LogP contribution in [-0.2, 0) is 16.1 Å². The van der Waals surface area contributed by atoms with Crippen molar-refractivity contribution in [3.8, 4) is 0 Å². The third kappa shape index (κ3) is 3.05. The lowest BCUT2D eigenvalue weighted by Gasteiger charge is -2.35. The van der Waals surface area contributed by atoms with Gasteiger partial charge in [0.05, 0.1) is 12.6 Å². The molecule has 1 amide bonds. The van der Waals surface area contributed by atoms with Gasteiger partial charge in [0, 0.05) is 6.54 Å². The highest BCUT2D eigenvalue weighted by molar-refractivity contribution is 5.78. The molecule has 0 saturated carbocycles. The second-order valence-corrected chi connectivity index (χ2v) is 4.25. The van der Waals surface area contributed by atoms with Gasteiger partial charge in [-0.1, -0.05) is 30.3 Å². The van der Waals surface area contributed by atoms with Gasteiger partial charge in [-0.25, -0.2) is 0 Å². The zero-order valence-electron chi connectivity index (χ0n) is 9.84. The third-order valence-electron chi connectivity index (χ3n) is 2.99. The van der Waals surface area contributed by atoms with Gasteiger partial charge in [0.1, 0.15) is 6.61 Å². The van der Waals surface area contributed by atoms with Crippen LogP contribution < -0.4 is 5.73 Å². The van der Waals surface area contributed by atoms with Crippen LogP contribution in [0.5, 0.6) is 0 Å². The number of nitrogens with zero attached hydrogens (tertiary/aromatic N) is 1. The molecule has 0 aliphatic carbocycles. The average molecular weight is 234 g/mol. The zero-order chi connectivity index (χ0) is 12.1. The maximum absolute atomic E-state index is 11.8. The van der Waals surface area contributed by atoms with Gasteiger partial charge in [0.2, 0.25) is 5.91 Å². The summed E-state index contributed by atoms with van der Waals surface area (Å²) < 4.78 is 5.27. The molecule has 2 rings (SSSR count). The van der Waals surface area contributed by atoms with Gasteiger partial charge in [0.15, 0.2) is 0 Å². The minimum atomic E-state index is 0.0542. The molecule has 4 nitrogen and oxygen atoms in total. The van der Waals surface area contributed by atoms with E-state index in [0.29, 0.717) is 19.7 Å². The summed E-state index contributed by atoms with van der Waals surface area (Å²) in [6, 6.07) is 10.1. The van der Waals surface area contributed by atoms with E-state index < -0.39 is 0 Å². The van der Waals surface area contributed by atoms with Crippen molar-refractivity contribution in [1.82, 2.24) is 4.90 Å². The molecule has 1 unspecified atom stereocenters. The van der Waals surface area contributed by atoms with Crippen LogP contribution in [-0.4, -0.2) is 36.6 Å². The van der Waals surface area contributed by atoms with E-state index >= 15 is 0 Å². The number of amides is 1. The first kappa shape index (κ1) is 12.1. The average Bonchev–Trinajstić information content (AvgIpc) is 2.35. The molecule has 2 N–H and O–H groups in total. The van der Waals surface area contributed by atoms with Crippen molar-refractivity contribution >= 4 is 5.91 Å². The van der Waals surface area contributed by atoms with E-state index in [0.717, 1.165) is 12.0 Å². The van der Waals surface area contributed by atoms with Crippen molar-refractivity contribution in [2.24, 2.45) is 5.73 Å². The second kappa shape index (κ2) is 5.80. The Balaban J connectivity index is 2.07. The van der Waals surface area contributed by atoms with E-state index in [-0.39, 0.29) is 18.6 Å². The molecule has 0 bridgehead atoms. The molecule has 0 radical (unpaired) electrons.